The van der Waals surface area contributed by atoms with E-state index in [4.69, 9.17) is 14.9 Å². The molecule has 0 spiro atoms. The van der Waals surface area contributed by atoms with Crippen molar-refractivity contribution in [3.05, 3.63) is 88.6 Å². The maximum atomic E-state index is 13.6. The van der Waals surface area contributed by atoms with Gasteiger partial charge in [0.1, 0.15) is 17.1 Å². The van der Waals surface area contributed by atoms with E-state index in [1.807, 2.05) is 54.6 Å². The molecule has 0 atom stereocenters. The molecule has 150 valence electrons. The molecule has 0 bridgehead atoms. The Balaban J connectivity index is 1.74. The zero-order chi connectivity index (χ0) is 20.7. The van der Waals surface area contributed by atoms with Crippen molar-refractivity contribution < 1.29 is 9.15 Å². The van der Waals surface area contributed by atoms with Gasteiger partial charge in [0, 0.05) is 11.1 Å². The van der Waals surface area contributed by atoms with E-state index in [0.717, 1.165) is 36.0 Å². The van der Waals surface area contributed by atoms with Crippen LogP contribution in [0.1, 0.15) is 24.8 Å². The lowest BCUT2D eigenvalue weighted by Gasteiger charge is -2.38. The van der Waals surface area contributed by atoms with Gasteiger partial charge in [-0.3, -0.25) is 4.79 Å². The second-order valence-electron chi connectivity index (χ2n) is 7.95. The first-order valence-electron chi connectivity index (χ1n) is 10.2. The molecule has 1 fully saturated rings. The van der Waals surface area contributed by atoms with E-state index in [-0.39, 0.29) is 11.0 Å². The predicted octanol–water partition coefficient (Wildman–Crippen LogP) is 5.47. The Labute approximate surface area is 174 Å². The fourth-order valence-corrected chi connectivity index (χ4v) is 4.17. The standard InChI is InChI=1S/C26H23NO3/c1-29-20-12-13-22-21(16-20)24(28)23(25(30-22)18-6-3-2-4-7-18)17-8-10-19(11-9-17)26(27)14-5-15-26/h2-4,6-13,16H,5,14-15,27H2,1H3. The molecular weight excluding hydrogens is 374 g/mol. The van der Waals surface area contributed by atoms with Crippen LogP contribution < -0.4 is 15.9 Å². The highest BCUT2D eigenvalue weighted by molar-refractivity contribution is 5.89. The molecular formula is C26H23NO3. The minimum Gasteiger partial charge on any atom is -0.497 e. The molecule has 0 radical (unpaired) electrons. The van der Waals surface area contributed by atoms with Crippen LogP contribution in [0.2, 0.25) is 0 Å². The predicted molar refractivity (Wildman–Crippen MR) is 120 cm³/mol. The van der Waals surface area contributed by atoms with Crippen LogP contribution in [0.5, 0.6) is 5.75 Å². The fourth-order valence-electron chi connectivity index (χ4n) is 4.17. The molecule has 2 N–H and O–H groups in total. The highest BCUT2D eigenvalue weighted by Gasteiger charge is 2.34. The number of fused-ring (bicyclic) bond motifs is 1. The van der Waals surface area contributed by atoms with E-state index in [2.05, 4.69) is 0 Å². The second kappa shape index (κ2) is 7.15. The van der Waals surface area contributed by atoms with E-state index < -0.39 is 0 Å². The summed E-state index contributed by atoms with van der Waals surface area (Å²) in [4.78, 5) is 13.6. The summed E-state index contributed by atoms with van der Waals surface area (Å²) in [5.41, 5.74) is 10.0. The van der Waals surface area contributed by atoms with Crippen molar-refractivity contribution in [2.75, 3.05) is 7.11 Å². The summed E-state index contributed by atoms with van der Waals surface area (Å²) >= 11 is 0. The molecule has 30 heavy (non-hydrogen) atoms. The quantitative estimate of drug-likeness (QED) is 0.496. The number of rotatable bonds is 4. The van der Waals surface area contributed by atoms with Gasteiger partial charge in [0.15, 0.2) is 0 Å². The summed E-state index contributed by atoms with van der Waals surface area (Å²) in [5.74, 6) is 1.19. The van der Waals surface area contributed by atoms with Gasteiger partial charge >= 0.3 is 0 Å². The van der Waals surface area contributed by atoms with Gasteiger partial charge in [-0.25, -0.2) is 0 Å². The number of ether oxygens (including phenoxy) is 1. The van der Waals surface area contributed by atoms with E-state index >= 15 is 0 Å². The molecule has 4 nitrogen and oxygen atoms in total. The highest BCUT2D eigenvalue weighted by Crippen LogP contribution is 2.40. The molecule has 0 saturated heterocycles. The first-order valence-corrected chi connectivity index (χ1v) is 10.2. The summed E-state index contributed by atoms with van der Waals surface area (Å²) in [6.45, 7) is 0. The third-order valence-corrected chi connectivity index (χ3v) is 6.13. The van der Waals surface area contributed by atoms with Crippen LogP contribution in [0.4, 0.5) is 0 Å². The van der Waals surface area contributed by atoms with Crippen molar-refractivity contribution in [3.63, 3.8) is 0 Å². The van der Waals surface area contributed by atoms with Crippen LogP contribution in [0, 0.1) is 0 Å². The van der Waals surface area contributed by atoms with Crippen molar-refractivity contribution in [2.45, 2.75) is 24.8 Å². The smallest absolute Gasteiger partial charge is 0.201 e. The number of nitrogens with two attached hydrogens (primary N) is 1. The Morgan fingerprint density at radius 2 is 1.67 bits per heavy atom. The number of methoxy groups -OCH3 is 1. The van der Waals surface area contributed by atoms with Gasteiger partial charge < -0.3 is 14.9 Å². The molecule has 1 saturated carbocycles. The molecule has 0 amide bonds. The first-order chi connectivity index (χ1) is 14.6. The maximum Gasteiger partial charge on any atom is 0.201 e. The summed E-state index contributed by atoms with van der Waals surface area (Å²) in [7, 11) is 1.59. The molecule has 1 aliphatic carbocycles. The Morgan fingerprint density at radius 1 is 0.933 bits per heavy atom. The first kappa shape index (κ1) is 18.6. The molecule has 0 aliphatic heterocycles. The third-order valence-electron chi connectivity index (χ3n) is 6.13. The van der Waals surface area contributed by atoms with Crippen LogP contribution in [0.3, 0.4) is 0 Å². The molecule has 1 heterocycles. The topological polar surface area (TPSA) is 65.5 Å². The number of hydrogen-bond acceptors (Lipinski definition) is 4. The molecule has 1 aromatic heterocycles. The number of benzene rings is 3. The minimum absolute atomic E-state index is 0.0761. The third kappa shape index (κ3) is 3.01. The average molecular weight is 397 g/mol. The van der Waals surface area contributed by atoms with Gasteiger partial charge in [-0.15, -0.1) is 0 Å². The average Bonchev–Trinajstić information content (AvgIpc) is 2.78. The van der Waals surface area contributed by atoms with Gasteiger partial charge in [0.25, 0.3) is 0 Å². The van der Waals surface area contributed by atoms with Gasteiger partial charge in [0.2, 0.25) is 5.43 Å². The summed E-state index contributed by atoms with van der Waals surface area (Å²) in [5, 5.41) is 0.502. The van der Waals surface area contributed by atoms with Crippen molar-refractivity contribution in [2.24, 2.45) is 5.73 Å². The minimum atomic E-state index is -0.234. The van der Waals surface area contributed by atoms with Gasteiger partial charge in [-0.1, -0.05) is 54.6 Å². The Bertz CT molecular complexity index is 1270. The molecule has 5 rings (SSSR count). The van der Waals surface area contributed by atoms with Crippen LogP contribution in [0.25, 0.3) is 33.4 Å². The van der Waals surface area contributed by atoms with Crippen molar-refractivity contribution in [1.29, 1.82) is 0 Å². The molecule has 1 aliphatic rings. The zero-order valence-corrected chi connectivity index (χ0v) is 16.9. The van der Waals surface area contributed by atoms with E-state index in [1.54, 1.807) is 25.3 Å². The van der Waals surface area contributed by atoms with Gasteiger partial charge in [0.05, 0.1) is 18.1 Å². The van der Waals surface area contributed by atoms with Gasteiger partial charge in [-0.05, 0) is 48.6 Å². The van der Waals surface area contributed by atoms with Crippen LogP contribution >= 0.6 is 0 Å². The van der Waals surface area contributed by atoms with Crippen LogP contribution in [-0.2, 0) is 5.54 Å². The number of hydrogen-bond donors (Lipinski definition) is 1. The summed E-state index contributed by atoms with van der Waals surface area (Å²) < 4.78 is 11.6. The molecule has 3 aromatic carbocycles. The molecule has 4 heteroatoms. The second-order valence-corrected chi connectivity index (χ2v) is 7.95. The Kier molecular flexibility index (Phi) is 4.44. The van der Waals surface area contributed by atoms with Crippen molar-refractivity contribution >= 4 is 11.0 Å². The van der Waals surface area contributed by atoms with E-state index in [1.165, 1.54) is 0 Å². The van der Waals surface area contributed by atoms with E-state index in [9.17, 15) is 4.79 Å². The molecule has 4 aromatic rings. The van der Waals surface area contributed by atoms with Crippen LogP contribution in [-0.4, -0.2) is 7.11 Å². The van der Waals surface area contributed by atoms with Crippen molar-refractivity contribution in [1.82, 2.24) is 0 Å². The fraction of sp³-hybridized carbons (Fsp3) is 0.192. The van der Waals surface area contributed by atoms with Gasteiger partial charge in [-0.2, -0.15) is 0 Å². The maximum absolute atomic E-state index is 13.6. The Hall–Kier alpha value is -3.37. The monoisotopic (exact) mass is 397 g/mol. The lowest BCUT2D eigenvalue weighted by molar-refractivity contribution is 0.253. The summed E-state index contributed by atoms with van der Waals surface area (Å²) in [6, 6.07) is 23.1. The van der Waals surface area contributed by atoms with E-state index in [0.29, 0.717) is 28.0 Å². The largest absolute Gasteiger partial charge is 0.497 e. The summed E-state index contributed by atoms with van der Waals surface area (Å²) in [6.07, 6.45) is 3.16. The Morgan fingerprint density at radius 3 is 2.30 bits per heavy atom. The van der Waals surface area contributed by atoms with Crippen molar-refractivity contribution in [3.8, 4) is 28.2 Å². The van der Waals surface area contributed by atoms with Crippen LogP contribution in [0.15, 0.2) is 82.0 Å². The zero-order valence-electron chi connectivity index (χ0n) is 16.9. The lowest BCUT2D eigenvalue weighted by atomic mass is 9.72. The highest BCUT2D eigenvalue weighted by atomic mass is 16.5. The SMILES string of the molecule is COc1ccc2oc(-c3ccccc3)c(-c3ccc(C4(N)CCC4)cc3)c(=O)c2c1. The normalized spacial score (nSPS) is 15.0. The molecule has 0 unspecified atom stereocenters. The lowest BCUT2D eigenvalue weighted by Crippen LogP contribution is -2.43.